The second kappa shape index (κ2) is 6.46. The summed E-state index contributed by atoms with van der Waals surface area (Å²) < 4.78 is 6.22. The molecule has 2 aromatic carbocycles. The van der Waals surface area contributed by atoms with Crippen LogP contribution in [0.5, 0.6) is 5.75 Å². The minimum absolute atomic E-state index is 0.0123. The van der Waals surface area contributed by atoms with E-state index in [-0.39, 0.29) is 6.04 Å². The molecular weight excluding hydrogens is 322 g/mol. The lowest BCUT2D eigenvalue weighted by atomic mass is 10.1. The van der Waals surface area contributed by atoms with Gasteiger partial charge in [0.1, 0.15) is 5.75 Å². The molecule has 100 valence electrons. The molecule has 2 nitrogen and oxygen atoms in total. The first-order chi connectivity index (χ1) is 9.10. The van der Waals surface area contributed by atoms with Crippen molar-refractivity contribution in [3.8, 4) is 5.75 Å². The maximum Gasteiger partial charge on any atom is 0.118 e. The van der Waals surface area contributed by atoms with Crippen LogP contribution >= 0.6 is 27.7 Å². The summed E-state index contributed by atoms with van der Waals surface area (Å²) in [5.41, 5.74) is 7.18. The van der Waals surface area contributed by atoms with E-state index in [0.717, 1.165) is 15.8 Å². The van der Waals surface area contributed by atoms with E-state index >= 15 is 0 Å². The van der Waals surface area contributed by atoms with Crippen LogP contribution in [0.3, 0.4) is 0 Å². The van der Waals surface area contributed by atoms with E-state index in [9.17, 15) is 0 Å². The second-order valence-electron chi connectivity index (χ2n) is 4.25. The van der Waals surface area contributed by atoms with Crippen molar-refractivity contribution in [1.82, 2.24) is 0 Å². The lowest BCUT2D eigenvalue weighted by molar-refractivity contribution is 0.414. The van der Waals surface area contributed by atoms with Crippen LogP contribution in [0, 0.1) is 0 Å². The molecule has 0 bridgehead atoms. The molecule has 0 fully saturated rings. The van der Waals surface area contributed by atoms with Gasteiger partial charge in [0.25, 0.3) is 0 Å². The van der Waals surface area contributed by atoms with Crippen LogP contribution in [-0.4, -0.2) is 7.11 Å². The zero-order valence-electron chi connectivity index (χ0n) is 10.9. The molecule has 1 unspecified atom stereocenters. The van der Waals surface area contributed by atoms with Crippen molar-refractivity contribution < 1.29 is 4.74 Å². The van der Waals surface area contributed by atoms with Crippen LogP contribution in [0.2, 0.25) is 0 Å². The molecule has 2 aromatic rings. The van der Waals surface area contributed by atoms with Crippen molar-refractivity contribution in [2.24, 2.45) is 5.73 Å². The fourth-order valence-electron chi connectivity index (χ4n) is 1.74. The number of nitrogens with two attached hydrogens (primary N) is 1. The van der Waals surface area contributed by atoms with E-state index in [1.54, 1.807) is 18.9 Å². The summed E-state index contributed by atoms with van der Waals surface area (Å²) in [7, 11) is 1.67. The Bertz CT molecular complexity index is 555. The number of halogens is 1. The number of rotatable bonds is 4. The predicted molar refractivity (Wildman–Crippen MR) is 83.9 cm³/mol. The van der Waals surface area contributed by atoms with E-state index in [1.165, 1.54) is 9.79 Å². The summed E-state index contributed by atoms with van der Waals surface area (Å²) >= 11 is 5.20. The van der Waals surface area contributed by atoms with Gasteiger partial charge in [0.2, 0.25) is 0 Å². The van der Waals surface area contributed by atoms with Gasteiger partial charge in [0.05, 0.1) is 7.11 Å². The lowest BCUT2D eigenvalue weighted by Crippen LogP contribution is -2.06. The molecule has 2 N–H and O–H groups in total. The van der Waals surface area contributed by atoms with Crippen molar-refractivity contribution >= 4 is 27.7 Å². The zero-order valence-corrected chi connectivity index (χ0v) is 13.3. The smallest absolute Gasteiger partial charge is 0.118 e. The van der Waals surface area contributed by atoms with Gasteiger partial charge in [-0.05, 0) is 55.0 Å². The van der Waals surface area contributed by atoms with Crippen LogP contribution in [0.25, 0.3) is 0 Å². The summed E-state index contributed by atoms with van der Waals surface area (Å²) in [5.74, 6) is 0.868. The molecule has 0 aliphatic heterocycles. The minimum Gasteiger partial charge on any atom is -0.497 e. The van der Waals surface area contributed by atoms with Gasteiger partial charge >= 0.3 is 0 Å². The highest BCUT2D eigenvalue weighted by Crippen LogP contribution is 2.35. The number of hydrogen-bond donors (Lipinski definition) is 1. The van der Waals surface area contributed by atoms with Crippen LogP contribution in [0.4, 0.5) is 0 Å². The minimum atomic E-state index is 0.0123. The normalized spacial score (nSPS) is 12.2. The number of hydrogen-bond acceptors (Lipinski definition) is 3. The Balaban J connectivity index is 2.26. The number of ether oxygens (including phenoxy) is 1. The van der Waals surface area contributed by atoms with E-state index in [0.29, 0.717) is 0 Å². The Morgan fingerprint density at radius 3 is 2.42 bits per heavy atom. The van der Waals surface area contributed by atoms with Gasteiger partial charge in [0, 0.05) is 20.3 Å². The number of benzene rings is 2. The van der Waals surface area contributed by atoms with Gasteiger partial charge in [-0.3, -0.25) is 0 Å². The molecule has 4 heteroatoms. The van der Waals surface area contributed by atoms with Gasteiger partial charge in [-0.15, -0.1) is 0 Å². The van der Waals surface area contributed by atoms with Crippen molar-refractivity contribution in [2.45, 2.75) is 22.8 Å². The van der Waals surface area contributed by atoms with Crippen molar-refractivity contribution in [2.75, 3.05) is 7.11 Å². The molecule has 0 saturated heterocycles. The van der Waals surface area contributed by atoms with Crippen LogP contribution in [-0.2, 0) is 0 Å². The topological polar surface area (TPSA) is 35.2 Å². The van der Waals surface area contributed by atoms with Crippen molar-refractivity contribution in [3.05, 3.63) is 52.5 Å². The van der Waals surface area contributed by atoms with Crippen molar-refractivity contribution in [3.63, 3.8) is 0 Å². The Kier molecular flexibility index (Phi) is 4.91. The summed E-state index contributed by atoms with van der Waals surface area (Å²) in [6.07, 6.45) is 0. The fourth-order valence-corrected chi connectivity index (χ4v) is 3.14. The zero-order chi connectivity index (χ0) is 13.8. The van der Waals surface area contributed by atoms with Crippen molar-refractivity contribution in [1.29, 1.82) is 0 Å². The molecule has 1 atom stereocenters. The molecule has 0 saturated carbocycles. The average molecular weight is 338 g/mol. The van der Waals surface area contributed by atoms with Gasteiger partial charge in [-0.1, -0.05) is 27.7 Å². The Hall–Kier alpha value is -0.970. The molecule has 0 aromatic heterocycles. The standard InChI is InChI=1S/C15H16BrNOS/c1-10(17)14-9-11(16)3-8-15(14)19-13-6-4-12(18-2)5-7-13/h3-10H,17H2,1-2H3. The first-order valence-corrected chi connectivity index (χ1v) is 7.58. The van der Waals surface area contributed by atoms with Crippen LogP contribution < -0.4 is 10.5 Å². The summed E-state index contributed by atoms with van der Waals surface area (Å²) in [4.78, 5) is 2.35. The maximum absolute atomic E-state index is 6.03. The summed E-state index contributed by atoms with van der Waals surface area (Å²) in [6, 6.07) is 14.3. The molecule has 0 aliphatic rings. The number of methoxy groups -OCH3 is 1. The monoisotopic (exact) mass is 337 g/mol. The third-order valence-electron chi connectivity index (χ3n) is 2.75. The lowest BCUT2D eigenvalue weighted by Gasteiger charge is -2.13. The molecule has 0 aliphatic carbocycles. The quantitative estimate of drug-likeness (QED) is 0.883. The van der Waals surface area contributed by atoms with E-state index in [4.69, 9.17) is 10.5 Å². The fraction of sp³-hybridized carbons (Fsp3) is 0.200. The molecule has 0 radical (unpaired) electrons. The third kappa shape index (κ3) is 3.75. The molecule has 0 heterocycles. The molecular formula is C15H16BrNOS. The highest BCUT2D eigenvalue weighted by molar-refractivity contribution is 9.10. The average Bonchev–Trinajstić information content (AvgIpc) is 2.41. The van der Waals surface area contributed by atoms with Gasteiger partial charge in [-0.2, -0.15) is 0 Å². The Labute approximate surface area is 126 Å². The summed E-state index contributed by atoms with van der Waals surface area (Å²) in [5, 5.41) is 0. The second-order valence-corrected chi connectivity index (χ2v) is 6.28. The third-order valence-corrected chi connectivity index (χ3v) is 4.34. The predicted octanol–water partition coefficient (Wildman–Crippen LogP) is 4.63. The molecule has 2 rings (SSSR count). The molecule has 0 spiro atoms. The Morgan fingerprint density at radius 1 is 1.16 bits per heavy atom. The maximum atomic E-state index is 6.03. The first-order valence-electron chi connectivity index (χ1n) is 5.97. The highest BCUT2D eigenvalue weighted by atomic mass is 79.9. The van der Waals surface area contributed by atoms with Gasteiger partial charge < -0.3 is 10.5 Å². The van der Waals surface area contributed by atoms with E-state index < -0.39 is 0 Å². The Morgan fingerprint density at radius 2 is 1.84 bits per heavy atom. The van der Waals surface area contributed by atoms with Gasteiger partial charge in [0.15, 0.2) is 0 Å². The largest absolute Gasteiger partial charge is 0.497 e. The molecule has 0 amide bonds. The SMILES string of the molecule is COc1ccc(Sc2ccc(Br)cc2C(C)N)cc1. The van der Waals surface area contributed by atoms with E-state index in [2.05, 4.69) is 40.2 Å². The van der Waals surface area contributed by atoms with Crippen LogP contribution in [0.1, 0.15) is 18.5 Å². The summed E-state index contributed by atoms with van der Waals surface area (Å²) in [6.45, 7) is 2.00. The first kappa shape index (κ1) is 14.4. The highest BCUT2D eigenvalue weighted by Gasteiger charge is 2.09. The van der Waals surface area contributed by atoms with Gasteiger partial charge in [-0.25, -0.2) is 0 Å². The van der Waals surface area contributed by atoms with E-state index in [1.807, 2.05) is 25.1 Å². The molecule has 19 heavy (non-hydrogen) atoms. The van der Waals surface area contributed by atoms with Crippen LogP contribution in [0.15, 0.2) is 56.7 Å².